The van der Waals surface area contributed by atoms with Crippen molar-refractivity contribution in [3.8, 4) is 0 Å². The number of aliphatic carboxylic acids is 1. The minimum Gasteiger partial charge on any atom is -0.480 e. The molecule has 0 aliphatic carbocycles. The van der Waals surface area contributed by atoms with Gasteiger partial charge in [-0.15, -0.1) is 0 Å². The van der Waals surface area contributed by atoms with E-state index < -0.39 is 35.3 Å². The minimum absolute atomic E-state index is 0.211. The van der Waals surface area contributed by atoms with E-state index in [4.69, 9.17) is 4.74 Å². The summed E-state index contributed by atoms with van der Waals surface area (Å²) in [6.45, 7) is 0. The molecule has 6 nitrogen and oxygen atoms in total. The minimum atomic E-state index is -5.13. The van der Waals surface area contributed by atoms with E-state index in [1.54, 1.807) is 30.5 Å². The Bertz CT molecular complexity index is 1050. The molecular weight excluding hydrogens is 401 g/mol. The molecule has 0 fully saturated rings. The monoisotopic (exact) mass is 420 g/mol. The summed E-state index contributed by atoms with van der Waals surface area (Å²) in [6, 6.07) is 11.8. The molecule has 0 aliphatic rings. The lowest BCUT2D eigenvalue weighted by Gasteiger charge is -2.34. The van der Waals surface area contributed by atoms with Crippen LogP contribution in [0.1, 0.15) is 11.1 Å². The largest absolute Gasteiger partial charge is 0.480 e. The third-order valence-corrected chi connectivity index (χ3v) is 4.91. The van der Waals surface area contributed by atoms with E-state index in [-0.39, 0.29) is 6.42 Å². The average Bonchev–Trinajstić information content (AvgIpc) is 3.11. The summed E-state index contributed by atoms with van der Waals surface area (Å²) in [5.74, 6) is -3.06. The number of rotatable bonds is 7. The van der Waals surface area contributed by atoms with E-state index in [0.717, 1.165) is 30.1 Å². The van der Waals surface area contributed by atoms with Crippen molar-refractivity contribution in [3.05, 3.63) is 71.9 Å². The first-order valence-corrected chi connectivity index (χ1v) is 8.97. The van der Waals surface area contributed by atoms with Crippen molar-refractivity contribution >= 4 is 22.8 Å². The van der Waals surface area contributed by atoms with Gasteiger partial charge in [-0.2, -0.15) is 13.2 Å². The van der Waals surface area contributed by atoms with Crippen molar-refractivity contribution in [1.29, 1.82) is 0 Å². The fourth-order valence-corrected chi connectivity index (χ4v) is 3.40. The molecule has 0 saturated heterocycles. The number of carboxylic acid groups (broad SMARTS) is 1. The summed E-state index contributed by atoms with van der Waals surface area (Å²) in [4.78, 5) is 27.5. The number of H-pyrrole nitrogens is 1. The van der Waals surface area contributed by atoms with Crippen LogP contribution in [0.3, 0.4) is 0 Å². The quantitative estimate of drug-likeness (QED) is 0.547. The summed E-state index contributed by atoms with van der Waals surface area (Å²) in [7, 11) is 0.759. The van der Waals surface area contributed by atoms with Crippen molar-refractivity contribution in [2.75, 3.05) is 7.11 Å². The second kappa shape index (κ2) is 8.19. The van der Waals surface area contributed by atoms with Crippen LogP contribution in [0, 0.1) is 0 Å². The van der Waals surface area contributed by atoms with Crippen LogP contribution in [-0.4, -0.2) is 41.3 Å². The highest BCUT2D eigenvalue weighted by molar-refractivity contribution is 5.92. The van der Waals surface area contributed by atoms with Gasteiger partial charge in [0.1, 0.15) is 6.04 Å². The van der Waals surface area contributed by atoms with Gasteiger partial charge in [0.15, 0.2) is 0 Å². The van der Waals surface area contributed by atoms with Gasteiger partial charge in [0.05, 0.1) is 0 Å². The molecule has 1 heterocycles. The molecule has 158 valence electrons. The molecule has 0 aliphatic heterocycles. The molecule has 3 aromatic rings. The lowest BCUT2D eigenvalue weighted by atomic mass is 9.91. The molecule has 0 radical (unpaired) electrons. The number of carbonyl (C=O) groups excluding carboxylic acids is 1. The molecule has 2 atom stereocenters. The maximum atomic E-state index is 14.0. The van der Waals surface area contributed by atoms with Crippen molar-refractivity contribution in [1.82, 2.24) is 10.3 Å². The van der Waals surface area contributed by atoms with Crippen molar-refractivity contribution < 1.29 is 32.6 Å². The molecule has 0 spiro atoms. The smallest absolute Gasteiger partial charge is 0.430 e. The lowest BCUT2D eigenvalue weighted by Crippen LogP contribution is -2.59. The SMILES string of the molecule is CO[C@@](C(=O)N[C@H](Cc1c[nH]c2ccccc12)C(=O)O)(c1ccccc1)C(F)(F)F. The van der Waals surface area contributed by atoms with E-state index in [0.29, 0.717) is 5.56 Å². The van der Waals surface area contributed by atoms with E-state index in [9.17, 15) is 27.9 Å². The predicted molar refractivity (Wildman–Crippen MR) is 103 cm³/mol. The van der Waals surface area contributed by atoms with Crippen LogP contribution in [0.5, 0.6) is 0 Å². The first kappa shape index (κ1) is 21.4. The molecule has 0 unspecified atom stereocenters. The number of ether oxygens (including phenoxy) is 1. The number of benzene rings is 2. The van der Waals surface area contributed by atoms with Crippen molar-refractivity contribution in [2.45, 2.75) is 24.2 Å². The highest BCUT2D eigenvalue weighted by Crippen LogP contribution is 2.42. The van der Waals surface area contributed by atoms with Gasteiger partial charge in [-0.3, -0.25) is 4.79 Å². The predicted octanol–water partition coefficient (Wildman–Crippen LogP) is 3.38. The van der Waals surface area contributed by atoms with Crippen molar-refractivity contribution in [2.24, 2.45) is 0 Å². The third-order valence-electron chi connectivity index (χ3n) is 4.91. The van der Waals surface area contributed by atoms with Gasteiger partial charge in [0.2, 0.25) is 0 Å². The number of carbonyl (C=O) groups is 2. The van der Waals surface area contributed by atoms with Crippen LogP contribution < -0.4 is 5.32 Å². The molecule has 1 amide bonds. The van der Waals surface area contributed by atoms with Crippen LogP contribution in [-0.2, 0) is 26.3 Å². The average molecular weight is 420 g/mol. The highest BCUT2D eigenvalue weighted by Gasteiger charge is 2.63. The van der Waals surface area contributed by atoms with Crippen molar-refractivity contribution in [3.63, 3.8) is 0 Å². The number of aromatic nitrogens is 1. The Labute approximate surface area is 169 Å². The third kappa shape index (κ3) is 3.76. The Kier molecular flexibility index (Phi) is 5.84. The fraction of sp³-hybridized carbons (Fsp3) is 0.238. The number of aromatic amines is 1. The second-order valence-electron chi connectivity index (χ2n) is 6.68. The number of nitrogens with one attached hydrogen (secondary N) is 2. The van der Waals surface area contributed by atoms with Gasteiger partial charge >= 0.3 is 12.1 Å². The maximum absolute atomic E-state index is 14.0. The van der Waals surface area contributed by atoms with Crippen LogP contribution in [0.4, 0.5) is 13.2 Å². The number of amides is 1. The van der Waals surface area contributed by atoms with Gasteiger partial charge < -0.3 is 20.1 Å². The van der Waals surface area contributed by atoms with Gasteiger partial charge in [-0.1, -0.05) is 48.5 Å². The Morgan fingerprint density at radius 2 is 1.73 bits per heavy atom. The zero-order valence-corrected chi connectivity index (χ0v) is 15.9. The number of alkyl halides is 3. The van der Waals surface area contributed by atoms with E-state index >= 15 is 0 Å². The van der Waals surface area contributed by atoms with Gasteiger partial charge in [0, 0.05) is 36.2 Å². The first-order valence-electron chi connectivity index (χ1n) is 8.97. The molecule has 30 heavy (non-hydrogen) atoms. The number of hydrogen-bond donors (Lipinski definition) is 3. The first-order chi connectivity index (χ1) is 14.2. The topological polar surface area (TPSA) is 91.4 Å². The highest BCUT2D eigenvalue weighted by atomic mass is 19.4. The summed E-state index contributed by atoms with van der Waals surface area (Å²) in [5, 5.41) is 12.3. The van der Waals surface area contributed by atoms with E-state index in [1.807, 2.05) is 5.32 Å². The van der Waals surface area contributed by atoms with E-state index in [2.05, 4.69) is 4.98 Å². The summed E-state index contributed by atoms with van der Waals surface area (Å²) in [6.07, 6.45) is -3.77. The molecule has 3 rings (SSSR count). The maximum Gasteiger partial charge on any atom is 0.430 e. The zero-order valence-electron chi connectivity index (χ0n) is 15.9. The van der Waals surface area contributed by atoms with Crippen LogP contribution in [0.2, 0.25) is 0 Å². The zero-order chi connectivity index (χ0) is 21.9. The Morgan fingerprint density at radius 3 is 2.33 bits per heavy atom. The molecule has 9 heteroatoms. The Morgan fingerprint density at radius 1 is 1.10 bits per heavy atom. The number of hydrogen-bond acceptors (Lipinski definition) is 3. The molecular formula is C21H19F3N2O4. The summed E-state index contributed by atoms with van der Waals surface area (Å²) in [5.41, 5.74) is -2.50. The van der Waals surface area contributed by atoms with E-state index in [1.165, 1.54) is 18.2 Å². The lowest BCUT2D eigenvalue weighted by molar-refractivity contribution is -0.266. The molecule has 1 aromatic heterocycles. The van der Waals surface area contributed by atoms with Crippen LogP contribution in [0.25, 0.3) is 10.9 Å². The van der Waals surface area contributed by atoms with Gasteiger partial charge in [-0.25, -0.2) is 4.79 Å². The van der Waals surface area contributed by atoms with Gasteiger partial charge in [0.25, 0.3) is 11.5 Å². The number of fused-ring (bicyclic) bond motifs is 1. The Hall–Kier alpha value is -3.33. The second-order valence-corrected chi connectivity index (χ2v) is 6.68. The number of para-hydroxylation sites is 1. The van der Waals surface area contributed by atoms with Crippen LogP contribution in [0.15, 0.2) is 60.8 Å². The molecule has 2 aromatic carbocycles. The number of carboxylic acids is 1. The standard InChI is InChI=1S/C21H19F3N2O4/c1-30-20(21(22,23)24,14-7-3-2-4-8-14)19(29)26-17(18(27)28)11-13-12-25-16-10-6-5-9-15(13)16/h2-10,12,17,25H,11H2,1H3,(H,26,29)(H,27,28)/t17-,20-/m1/s1. The number of methoxy groups -OCH3 is 1. The molecule has 0 bridgehead atoms. The Balaban J connectivity index is 1.95. The fourth-order valence-electron chi connectivity index (χ4n) is 3.40. The molecule has 0 saturated carbocycles. The van der Waals surface area contributed by atoms with Crippen LogP contribution >= 0.6 is 0 Å². The molecule has 3 N–H and O–H groups in total. The normalized spacial score (nSPS) is 14.8. The summed E-state index contributed by atoms with van der Waals surface area (Å²) < 4.78 is 46.7. The van der Waals surface area contributed by atoms with Gasteiger partial charge in [-0.05, 0) is 11.6 Å². The summed E-state index contributed by atoms with van der Waals surface area (Å²) >= 11 is 0. The number of halogens is 3.